The topological polar surface area (TPSA) is 72.2 Å². The normalized spacial score (nSPS) is 11.2. The lowest BCUT2D eigenvalue weighted by atomic mass is 10.3. The Morgan fingerprint density at radius 1 is 1.06 bits per heavy atom. The Balaban J connectivity index is 2.62. The predicted molar refractivity (Wildman–Crippen MR) is 71.2 cm³/mol. The van der Waals surface area contributed by atoms with Gasteiger partial charge in [-0.1, -0.05) is 29.8 Å². The fourth-order valence-corrected chi connectivity index (χ4v) is 3.17. The number of nitrogens with two attached hydrogens (primary N) is 1. The highest BCUT2D eigenvalue weighted by Crippen LogP contribution is 2.29. The predicted octanol–water partition coefficient (Wildman–Crippen LogP) is 2.46. The molecule has 2 aromatic rings. The number of anilines is 1. The highest BCUT2D eigenvalue weighted by molar-refractivity contribution is 7.91. The van der Waals surface area contributed by atoms with Gasteiger partial charge in [0.25, 0.3) is 0 Å². The van der Waals surface area contributed by atoms with Gasteiger partial charge >= 0.3 is 0 Å². The number of nitrogens with one attached hydrogen (secondary N) is 1. The van der Waals surface area contributed by atoms with Gasteiger partial charge in [0.1, 0.15) is 0 Å². The van der Waals surface area contributed by atoms with Crippen molar-refractivity contribution in [3.8, 4) is 0 Å². The largest absolute Gasteiger partial charge is 0.323 e. The van der Waals surface area contributed by atoms with Gasteiger partial charge in [0.2, 0.25) is 9.84 Å². The number of hydrazine groups is 1. The van der Waals surface area contributed by atoms with Crippen LogP contribution in [0.4, 0.5) is 5.69 Å². The van der Waals surface area contributed by atoms with Gasteiger partial charge in [-0.05, 0) is 30.3 Å². The lowest BCUT2D eigenvalue weighted by molar-refractivity contribution is 0.596. The number of rotatable bonds is 3. The van der Waals surface area contributed by atoms with E-state index in [4.69, 9.17) is 17.4 Å². The average Bonchev–Trinajstić information content (AvgIpc) is 2.39. The van der Waals surface area contributed by atoms with Crippen molar-refractivity contribution in [3.63, 3.8) is 0 Å². The van der Waals surface area contributed by atoms with Crippen molar-refractivity contribution in [2.24, 2.45) is 5.84 Å². The zero-order valence-electron chi connectivity index (χ0n) is 9.30. The van der Waals surface area contributed by atoms with E-state index in [1.807, 2.05) is 0 Å². The summed E-state index contributed by atoms with van der Waals surface area (Å²) in [6.07, 6.45) is 0. The average molecular weight is 283 g/mol. The van der Waals surface area contributed by atoms with Gasteiger partial charge in [0.05, 0.1) is 15.5 Å². The molecular formula is C12H11ClN2O2S. The maximum absolute atomic E-state index is 12.4. The fourth-order valence-electron chi connectivity index (χ4n) is 1.58. The Morgan fingerprint density at radius 3 is 2.33 bits per heavy atom. The maximum Gasteiger partial charge on any atom is 0.208 e. The minimum atomic E-state index is -3.60. The highest BCUT2D eigenvalue weighted by atomic mass is 35.5. The molecule has 2 aromatic carbocycles. The zero-order chi connectivity index (χ0) is 13.2. The van der Waals surface area contributed by atoms with Crippen LogP contribution in [0.15, 0.2) is 58.3 Å². The van der Waals surface area contributed by atoms with E-state index in [0.717, 1.165) is 0 Å². The van der Waals surface area contributed by atoms with Gasteiger partial charge < -0.3 is 5.43 Å². The molecular weight excluding hydrogens is 272 g/mol. The molecule has 6 heteroatoms. The number of halogens is 1. The summed E-state index contributed by atoms with van der Waals surface area (Å²) in [5.41, 5.74) is 2.62. The summed E-state index contributed by atoms with van der Waals surface area (Å²) in [4.78, 5) is 0.310. The van der Waals surface area contributed by atoms with Crippen LogP contribution in [0.5, 0.6) is 0 Å². The summed E-state index contributed by atoms with van der Waals surface area (Å²) in [5, 5.41) is 0.412. The van der Waals surface area contributed by atoms with Gasteiger partial charge in [-0.15, -0.1) is 0 Å². The van der Waals surface area contributed by atoms with Crippen molar-refractivity contribution in [1.29, 1.82) is 0 Å². The summed E-state index contributed by atoms with van der Waals surface area (Å²) in [6.45, 7) is 0. The number of hydrogen-bond acceptors (Lipinski definition) is 4. The van der Waals surface area contributed by atoms with E-state index in [-0.39, 0.29) is 15.5 Å². The molecule has 0 aliphatic rings. The molecule has 4 nitrogen and oxygen atoms in total. The van der Waals surface area contributed by atoms with E-state index in [2.05, 4.69) is 5.43 Å². The first-order chi connectivity index (χ1) is 8.55. The third-order valence-electron chi connectivity index (χ3n) is 2.44. The van der Waals surface area contributed by atoms with Gasteiger partial charge in [0, 0.05) is 5.02 Å². The minimum Gasteiger partial charge on any atom is -0.323 e. The van der Waals surface area contributed by atoms with Crippen LogP contribution >= 0.6 is 11.6 Å². The minimum absolute atomic E-state index is 0.0978. The maximum atomic E-state index is 12.4. The summed E-state index contributed by atoms with van der Waals surface area (Å²) in [6, 6.07) is 12.6. The Kier molecular flexibility index (Phi) is 3.56. The van der Waals surface area contributed by atoms with E-state index in [1.165, 1.54) is 30.3 Å². The SMILES string of the molecule is NNc1cc(Cl)ccc1S(=O)(=O)c1ccccc1. The molecule has 18 heavy (non-hydrogen) atoms. The summed E-state index contributed by atoms with van der Waals surface area (Å²) in [5.74, 6) is 5.32. The van der Waals surface area contributed by atoms with Crippen LogP contribution in [-0.4, -0.2) is 8.42 Å². The van der Waals surface area contributed by atoms with Crippen LogP contribution in [-0.2, 0) is 9.84 Å². The zero-order valence-corrected chi connectivity index (χ0v) is 10.9. The molecule has 0 bridgehead atoms. The fraction of sp³-hybridized carbons (Fsp3) is 0. The van der Waals surface area contributed by atoms with Crippen molar-refractivity contribution in [2.45, 2.75) is 9.79 Å². The summed E-state index contributed by atoms with van der Waals surface area (Å²) < 4.78 is 24.8. The number of nitrogen functional groups attached to an aromatic ring is 1. The molecule has 0 atom stereocenters. The molecule has 0 amide bonds. The van der Waals surface area contributed by atoms with Gasteiger partial charge in [-0.2, -0.15) is 0 Å². The quantitative estimate of drug-likeness (QED) is 0.670. The van der Waals surface area contributed by atoms with E-state index in [9.17, 15) is 8.42 Å². The molecule has 0 heterocycles. The number of benzene rings is 2. The molecule has 0 aromatic heterocycles. The molecule has 0 saturated heterocycles. The molecule has 2 rings (SSSR count). The third kappa shape index (κ3) is 2.33. The second-order valence-electron chi connectivity index (χ2n) is 3.60. The van der Waals surface area contributed by atoms with Crippen molar-refractivity contribution >= 4 is 27.1 Å². The van der Waals surface area contributed by atoms with E-state index >= 15 is 0 Å². The van der Waals surface area contributed by atoms with Crippen LogP contribution < -0.4 is 11.3 Å². The van der Waals surface area contributed by atoms with Crippen LogP contribution in [0.25, 0.3) is 0 Å². The second kappa shape index (κ2) is 4.97. The molecule has 0 radical (unpaired) electrons. The molecule has 0 spiro atoms. The molecule has 0 unspecified atom stereocenters. The second-order valence-corrected chi connectivity index (χ2v) is 5.96. The molecule has 3 N–H and O–H groups in total. The van der Waals surface area contributed by atoms with Crippen molar-refractivity contribution in [1.82, 2.24) is 0 Å². The van der Waals surface area contributed by atoms with Gasteiger partial charge in [-0.25, -0.2) is 8.42 Å². The molecule has 0 aliphatic heterocycles. The van der Waals surface area contributed by atoms with E-state index < -0.39 is 9.84 Å². The first kappa shape index (κ1) is 12.9. The lowest BCUT2D eigenvalue weighted by Crippen LogP contribution is -2.12. The van der Waals surface area contributed by atoms with Crippen molar-refractivity contribution < 1.29 is 8.42 Å². The van der Waals surface area contributed by atoms with Crippen molar-refractivity contribution in [3.05, 3.63) is 53.6 Å². The van der Waals surface area contributed by atoms with Crippen molar-refractivity contribution in [2.75, 3.05) is 5.43 Å². The Bertz CT molecular complexity index is 657. The standard InChI is InChI=1S/C12H11ClN2O2S/c13-9-6-7-12(11(8-9)15-14)18(16,17)10-4-2-1-3-5-10/h1-8,15H,14H2. The highest BCUT2D eigenvalue weighted by Gasteiger charge is 2.20. The van der Waals surface area contributed by atoms with Crippen LogP contribution in [0.3, 0.4) is 0 Å². The monoisotopic (exact) mass is 282 g/mol. The smallest absolute Gasteiger partial charge is 0.208 e. The molecule has 0 saturated carbocycles. The molecule has 94 valence electrons. The first-order valence-corrected chi connectivity index (χ1v) is 6.98. The summed E-state index contributed by atoms with van der Waals surface area (Å²) in [7, 11) is -3.60. The van der Waals surface area contributed by atoms with Crippen LogP contribution in [0.2, 0.25) is 5.02 Å². The Morgan fingerprint density at radius 2 is 1.72 bits per heavy atom. The van der Waals surface area contributed by atoms with Crippen LogP contribution in [0, 0.1) is 0 Å². The van der Waals surface area contributed by atoms with E-state index in [1.54, 1.807) is 18.2 Å². The summed E-state index contributed by atoms with van der Waals surface area (Å²) >= 11 is 5.80. The Hall–Kier alpha value is -1.56. The van der Waals surface area contributed by atoms with Crippen LogP contribution in [0.1, 0.15) is 0 Å². The lowest BCUT2D eigenvalue weighted by Gasteiger charge is -2.10. The third-order valence-corrected chi connectivity index (χ3v) is 4.50. The number of sulfone groups is 1. The van der Waals surface area contributed by atoms with E-state index in [0.29, 0.717) is 5.02 Å². The number of hydrogen-bond donors (Lipinski definition) is 2. The molecule has 0 fully saturated rings. The van der Waals surface area contributed by atoms with Gasteiger partial charge in [-0.3, -0.25) is 5.84 Å². The first-order valence-electron chi connectivity index (χ1n) is 5.12. The Labute approximate surface area is 110 Å². The molecule has 0 aliphatic carbocycles. The van der Waals surface area contributed by atoms with Gasteiger partial charge in [0.15, 0.2) is 0 Å².